The number of aryl methyl sites for hydroxylation is 1. The van der Waals surface area contributed by atoms with Gasteiger partial charge in [-0.1, -0.05) is 36.4 Å². The van der Waals surface area contributed by atoms with Crippen LogP contribution in [0.25, 0.3) is 0 Å². The van der Waals surface area contributed by atoms with E-state index in [-0.39, 0.29) is 5.97 Å². The molecule has 0 spiro atoms. The molecule has 0 N–H and O–H groups in total. The largest absolute Gasteiger partial charge is 0.461 e. The normalized spacial score (nSPS) is 10.3. The van der Waals surface area contributed by atoms with Gasteiger partial charge in [0.05, 0.1) is 0 Å². The van der Waals surface area contributed by atoms with Crippen LogP contribution in [-0.4, -0.2) is 5.97 Å². The van der Waals surface area contributed by atoms with E-state index in [1.165, 1.54) is 0 Å². The van der Waals surface area contributed by atoms with E-state index >= 15 is 0 Å². The highest BCUT2D eigenvalue weighted by Gasteiger charge is 2.04. The molecule has 0 aliphatic carbocycles. The fourth-order valence-corrected chi connectivity index (χ4v) is 2.13. The van der Waals surface area contributed by atoms with Crippen LogP contribution in [0.3, 0.4) is 0 Å². The monoisotopic (exact) mass is 284 g/mol. The Morgan fingerprint density at radius 1 is 0.905 bits per heavy atom. The second-order valence-corrected chi connectivity index (χ2v) is 5.07. The SMILES string of the molecule is O=C(CCCCC[n+]1ccccc1)OCc1ccccc1. The number of aromatic nitrogens is 1. The maximum Gasteiger partial charge on any atom is 0.306 e. The summed E-state index contributed by atoms with van der Waals surface area (Å²) in [5, 5.41) is 0. The molecule has 3 nitrogen and oxygen atoms in total. The summed E-state index contributed by atoms with van der Waals surface area (Å²) in [6.45, 7) is 1.37. The first-order chi connectivity index (χ1) is 10.3. The fraction of sp³-hybridized carbons (Fsp3) is 0.333. The molecule has 3 heteroatoms. The van der Waals surface area contributed by atoms with E-state index in [9.17, 15) is 4.79 Å². The van der Waals surface area contributed by atoms with E-state index in [4.69, 9.17) is 4.74 Å². The van der Waals surface area contributed by atoms with Crippen molar-refractivity contribution in [3.8, 4) is 0 Å². The Morgan fingerprint density at radius 2 is 1.62 bits per heavy atom. The van der Waals surface area contributed by atoms with Gasteiger partial charge in [-0.05, 0) is 18.4 Å². The number of ether oxygens (including phenoxy) is 1. The lowest BCUT2D eigenvalue weighted by atomic mass is 10.2. The lowest BCUT2D eigenvalue weighted by molar-refractivity contribution is -0.697. The number of carbonyl (C=O) groups is 1. The molecule has 0 saturated heterocycles. The third kappa shape index (κ3) is 6.21. The summed E-state index contributed by atoms with van der Waals surface area (Å²) in [6, 6.07) is 15.8. The zero-order chi connectivity index (χ0) is 14.8. The van der Waals surface area contributed by atoms with Crippen molar-refractivity contribution in [3.05, 3.63) is 66.5 Å². The first kappa shape index (κ1) is 15.2. The molecule has 2 rings (SSSR count). The van der Waals surface area contributed by atoms with Gasteiger partial charge in [-0.2, -0.15) is 0 Å². The second kappa shape index (κ2) is 8.90. The highest BCUT2D eigenvalue weighted by Crippen LogP contribution is 2.05. The molecule has 0 aliphatic rings. The molecule has 2 aromatic rings. The number of hydrogen-bond donors (Lipinski definition) is 0. The zero-order valence-corrected chi connectivity index (χ0v) is 12.3. The average molecular weight is 284 g/mol. The van der Waals surface area contributed by atoms with Gasteiger partial charge in [0.1, 0.15) is 13.2 Å². The van der Waals surface area contributed by atoms with E-state index in [0.717, 1.165) is 31.4 Å². The van der Waals surface area contributed by atoms with Crippen molar-refractivity contribution < 1.29 is 14.1 Å². The topological polar surface area (TPSA) is 30.2 Å². The smallest absolute Gasteiger partial charge is 0.306 e. The first-order valence-electron chi connectivity index (χ1n) is 7.48. The summed E-state index contributed by atoms with van der Waals surface area (Å²) in [5.74, 6) is -0.105. The lowest BCUT2D eigenvalue weighted by Gasteiger charge is -2.04. The minimum absolute atomic E-state index is 0.105. The molecule has 0 aliphatic heterocycles. The molecular weight excluding hydrogens is 262 g/mol. The lowest BCUT2D eigenvalue weighted by Crippen LogP contribution is -2.32. The van der Waals surface area contributed by atoms with Crippen molar-refractivity contribution in [2.24, 2.45) is 0 Å². The molecule has 1 aromatic heterocycles. The highest BCUT2D eigenvalue weighted by atomic mass is 16.5. The summed E-state index contributed by atoms with van der Waals surface area (Å²) >= 11 is 0. The van der Waals surface area contributed by atoms with E-state index in [1.807, 2.05) is 48.5 Å². The maximum absolute atomic E-state index is 11.6. The van der Waals surface area contributed by atoms with Crippen LogP contribution in [0.4, 0.5) is 0 Å². The number of carbonyl (C=O) groups excluding carboxylic acids is 1. The molecule has 110 valence electrons. The summed E-state index contributed by atoms with van der Waals surface area (Å²) in [5.41, 5.74) is 1.03. The standard InChI is InChI=1S/C18H22NO2/c20-18(21-16-17-10-4-1-5-11-17)12-6-2-7-13-19-14-8-3-9-15-19/h1,3-5,8-11,14-15H,2,6-7,12-13,16H2/q+1. The molecule has 0 saturated carbocycles. The summed E-state index contributed by atoms with van der Waals surface area (Å²) in [6.07, 6.45) is 7.65. The number of esters is 1. The Kier molecular flexibility index (Phi) is 6.46. The van der Waals surface area contributed by atoms with Gasteiger partial charge in [-0.15, -0.1) is 0 Å². The quantitative estimate of drug-likeness (QED) is 0.423. The third-order valence-electron chi connectivity index (χ3n) is 3.32. The molecule has 1 aromatic carbocycles. The molecule has 0 unspecified atom stereocenters. The molecule has 1 heterocycles. The van der Waals surface area contributed by atoms with Gasteiger partial charge in [0.25, 0.3) is 0 Å². The fourth-order valence-electron chi connectivity index (χ4n) is 2.13. The number of nitrogens with zero attached hydrogens (tertiary/aromatic N) is 1. The van der Waals surface area contributed by atoms with Gasteiger partial charge < -0.3 is 4.74 Å². The van der Waals surface area contributed by atoms with Gasteiger partial charge in [-0.3, -0.25) is 4.79 Å². The predicted molar refractivity (Wildman–Crippen MR) is 81.3 cm³/mol. The van der Waals surface area contributed by atoms with Crippen molar-refractivity contribution >= 4 is 5.97 Å². The van der Waals surface area contributed by atoms with E-state index < -0.39 is 0 Å². The third-order valence-corrected chi connectivity index (χ3v) is 3.32. The van der Waals surface area contributed by atoms with Crippen molar-refractivity contribution in [3.63, 3.8) is 0 Å². The van der Waals surface area contributed by atoms with Gasteiger partial charge in [0, 0.05) is 25.0 Å². The van der Waals surface area contributed by atoms with Crippen LogP contribution >= 0.6 is 0 Å². The van der Waals surface area contributed by atoms with Crippen LogP contribution in [0.1, 0.15) is 31.2 Å². The van der Waals surface area contributed by atoms with Crippen LogP contribution in [-0.2, 0) is 22.7 Å². The molecule has 0 amide bonds. The van der Waals surface area contributed by atoms with E-state index in [1.54, 1.807) is 0 Å². The van der Waals surface area contributed by atoms with Crippen molar-refractivity contribution in [1.29, 1.82) is 0 Å². The van der Waals surface area contributed by atoms with Crippen LogP contribution in [0.2, 0.25) is 0 Å². The second-order valence-electron chi connectivity index (χ2n) is 5.07. The van der Waals surface area contributed by atoms with Crippen molar-refractivity contribution in [2.75, 3.05) is 0 Å². The Morgan fingerprint density at radius 3 is 2.38 bits per heavy atom. The minimum atomic E-state index is -0.105. The van der Waals surface area contributed by atoms with Crippen LogP contribution < -0.4 is 4.57 Å². The number of benzene rings is 1. The average Bonchev–Trinajstić information content (AvgIpc) is 2.54. The summed E-state index contributed by atoms with van der Waals surface area (Å²) in [4.78, 5) is 11.6. The van der Waals surface area contributed by atoms with Gasteiger partial charge >= 0.3 is 5.97 Å². The van der Waals surface area contributed by atoms with Crippen molar-refractivity contribution in [2.45, 2.75) is 38.8 Å². The van der Waals surface area contributed by atoms with Gasteiger partial charge in [0.15, 0.2) is 12.4 Å². The number of rotatable bonds is 8. The van der Waals surface area contributed by atoms with E-state index in [2.05, 4.69) is 17.0 Å². The summed E-state index contributed by atoms with van der Waals surface area (Å²) < 4.78 is 7.41. The minimum Gasteiger partial charge on any atom is -0.461 e. The van der Waals surface area contributed by atoms with Gasteiger partial charge in [-0.25, -0.2) is 4.57 Å². The molecule has 0 bridgehead atoms. The van der Waals surface area contributed by atoms with E-state index in [0.29, 0.717) is 13.0 Å². The Labute approximate surface area is 126 Å². The number of unbranched alkanes of at least 4 members (excludes halogenated alkanes) is 2. The van der Waals surface area contributed by atoms with Crippen LogP contribution in [0, 0.1) is 0 Å². The maximum atomic E-state index is 11.6. The molecule has 0 atom stereocenters. The number of pyridine rings is 1. The van der Waals surface area contributed by atoms with Crippen LogP contribution in [0.5, 0.6) is 0 Å². The number of hydrogen-bond acceptors (Lipinski definition) is 2. The Balaban J connectivity index is 1.53. The molecule has 0 fully saturated rings. The molecule has 21 heavy (non-hydrogen) atoms. The summed E-state index contributed by atoms with van der Waals surface area (Å²) in [7, 11) is 0. The predicted octanol–water partition coefficient (Wildman–Crippen LogP) is 3.28. The Bertz CT molecular complexity index is 525. The van der Waals surface area contributed by atoms with Crippen molar-refractivity contribution in [1.82, 2.24) is 0 Å². The Hall–Kier alpha value is -2.16. The highest BCUT2D eigenvalue weighted by molar-refractivity contribution is 5.69. The van der Waals surface area contributed by atoms with Gasteiger partial charge in [0.2, 0.25) is 0 Å². The zero-order valence-electron chi connectivity index (χ0n) is 12.3. The first-order valence-corrected chi connectivity index (χ1v) is 7.48. The molecular formula is C18H22NO2+. The molecule has 0 radical (unpaired) electrons. The van der Waals surface area contributed by atoms with Crippen LogP contribution in [0.15, 0.2) is 60.9 Å².